The van der Waals surface area contributed by atoms with Crippen LogP contribution in [0.15, 0.2) is 48.5 Å². The summed E-state index contributed by atoms with van der Waals surface area (Å²) in [6.07, 6.45) is 0.905. The molecule has 0 aliphatic rings. The van der Waals surface area contributed by atoms with Crippen molar-refractivity contribution in [3.05, 3.63) is 122 Å². The maximum absolute atomic E-state index is 12.3. The van der Waals surface area contributed by atoms with Gasteiger partial charge in [-0.25, -0.2) is 4.79 Å². The van der Waals surface area contributed by atoms with E-state index in [-0.39, 0.29) is 38.7 Å². The summed E-state index contributed by atoms with van der Waals surface area (Å²) in [6, 6.07) is 17.6. The summed E-state index contributed by atoms with van der Waals surface area (Å²) in [5, 5.41) is 0. The van der Waals surface area contributed by atoms with Crippen molar-refractivity contribution in [1.29, 1.82) is 0 Å². The molecule has 4 aromatic carbocycles. The molecule has 40 heavy (non-hydrogen) atoms. The quantitative estimate of drug-likeness (QED) is 0.161. The molecule has 205 valence electrons. The van der Waals surface area contributed by atoms with Crippen molar-refractivity contribution in [2.75, 3.05) is 0 Å². The monoisotopic (exact) mass is 606 g/mol. The second-order valence-corrected chi connectivity index (χ2v) is 11.0. The zero-order valence-electron chi connectivity index (χ0n) is 25.8. The van der Waals surface area contributed by atoms with Gasteiger partial charge >= 0.3 is 5.97 Å². The molecule has 0 bridgehead atoms. The van der Waals surface area contributed by atoms with Gasteiger partial charge in [-0.15, -0.1) is 0 Å². The molecule has 0 atom stereocenters. The third-order valence-electron chi connectivity index (χ3n) is 9.05. The van der Waals surface area contributed by atoms with Crippen molar-refractivity contribution >= 4 is 5.97 Å². The van der Waals surface area contributed by atoms with Crippen LogP contribution in [0.4, 0.5) is 0 Å². The summed E-state index contributed by atoms with van der Waals surface area (Å²) < 4.78 is 5.13. The Morgan fingerprint density at radius 2 is 0.950 bits per heavy atom. The van der Waals surface area contributed by atoms with Gasteiger partial charge in [-0.3, -0.25) is 0 Å². The summed E-state index contributed by atoms with van der Waals surface area (Å²) in [4.78, 5) is 12.3. The van der Waals surface area contributed by atoms with Crippen LogP contribution in [0.3, 0.4) is 0 Å². The van der Waals surface area contributed by atoms with Crippen LogP contribution < -0.4 is 0 Å². The maximum Gasteiger partial charge on any atom is 0.306 e. The van der Waals surface area contributed by atoms with Crippen molar-refractivity contribution in [2.24, 2.45) is 0 Å². The molecule has 1 radical (unpaired) electrons. The molecule has 0 unspecified atom stereocenters. The van der Waals surface area contributed by atoms with E-state index in [0.29, 0.717) is 5.56 Å². The second kappa shape index (κ2) is 13.0. The fourth-order valence-corrected chi connectivity index (χ4v) is 5.68. The number of benzene rings is 4. The average Bonchev–Trinajstić information content (AvgIpc) is 2.91. The van der Waals surface area contributed by atoms with E-state index >= 15 is 0 Å². The SMILES string of the molecule is C[CH-]OC(=O)c1ccc(-c2ccc(Cc3ccc(-c4ccc(C)c(C)c4C)c(C)c3C)c(C)c2C)c(C)c1C.[Y]. The average molecular weight is 607 g/mol. The number of hydrogen-bond donors (Lipinski definition) is 0. The smallest absolute Gasteiger partial charge is 0.306 e. The summed E-state index contributed by atoms with van der Waals surface area (Å²) >= 11 is 0. The minimum Gasteiger partial charge on any atom is -0.634 e. The first kappa shape index (κ1) is 32.0. The number of ether oxygens (including phenoxy) is 1. The third kappa shape index (κ3) is 5.90. The van der Waals surface area contributed by atoms with Crippen molar-refractivity contribution in [3.63, 3.8) is 0 Å². The first-order valence-corrected chi connectivity index (χ1v) is 13.8. The van der Waals surface area contributed by atoms with Crippen molar-refractivity contribution in [2.45, 2.75) is 75.7 Å². The van der Waals surface area contributed by atoms with Crippen LogP contribution in [0.25, 0.3) is 22.3 Å². The molecule has 0 aromatic heterocycles. The molecule has 3 heteroatoms. The largest absolute Gasteiger partial charge is 0.634 e. The fraction of sp³-hybridized carbons (Fsp3) is 0.297. The number of carbonyl (C=O) groups excluding carboxylic acids is 1. The van der Waals surface area contributed by atoms with Crippen LogP contribution in [-0.2, 0) is 43.9 Å². The van der Waals surface area contributed by atoms with Gasteiger partial charge in [-0.2, -0.15) is 13.5 Å². The van der Waals surface area contributed by atoms with Crippen LogP contribution in [0.2, 0.25) is 0 Å². The van der Waals surface area contributed by atoms with Crippen LogP contribution >= 0.6 is 0 Å². The van der Waals surface area contributed by atoms with Crippen LogP contribution in [0, 0.1) is 68.9 Å². The molecule has 0 N–H and O–H groups in total. The standard InChI is InChI=1S/C37H41O2.Y/c1-11-39-37(38)36-19-18-35(28(9)29(36)10)34-17-14-31(24(5)27(34)8)20-30-13-16-33(26(7)23(30)4)32-15-12-21(2)22(3)25(32)6;/h11-19H,20H2,1-10H3;/q-1;. The Bertz CT molecular complexity index is 1590. The molecule has 0 spiro atoms. The van der Waals surface area contributed by atoms with E-state index in [1.807, 2.05) is 13.0 Å². The molecular formula is C37H41O2Y-. The van der Waals surface area contributed by atoms with Crippen molar-refractivity contribution in [1.82, 2.24) is 0 Å². The van der Waals surface area contributed by atoms with E-state index < -0.39 is 0 Å². The van der Waals surface area contributed by atoms with E-state index in [0.717, 1.165) is 23.1 Å². The summed E-state index contributed by atoms with van der Waals surface area (Å²) in [6.45, 7) is 22.8. The van der Waals surface area contributed by atoms with Gasteiger partial charge in [0.05, 0.1) is 5.56 Å². The fourth-order valence-electron chi connectivity index (χ4n) is 5.68. The normalized spacial score (nSPS) is 10.8. The minimum atomic E-state index is -0.308. The molecule has 0 aliphatic heterocycles. The van der Waals surface area contributed by atoms with Gasteiger partial charge in [0.2, 0.25) is 0 Å². The van der Waals surface area contributed by atoms with Gasteiger partial charge in [0.1, 0.15) is 0 Å². The molecule has 0 heterocycles. The van der Waals surface area contributed by atoms with Crippen LogP contribution in [0.5, 0.6) is 0 Å². The zero-order chi connectivity index (χ0) is 28.6. The molecule has 0 amide bonds. The first-order valence-electron chi connectivity index (χ1n) is 13.8. The number of hydrogen-bond acceptors (Lipinski definition) is 2. The Balaban J connectivity index is 0.00000441. The third-order valence-corrected chi connectivity index (χ3v) is 9.05. The van der Waals surface area contributed by atoms with Crippen LogP contribution in [-0.4, -0.2) is 5.97 Å². The molecule has 0 aliphatic carbocycles. The Morgan fingerprint density at radius 1 is 0.550 bits per heavy atom. The molecule has 4 aromatic rings. The first-order chi connectivity index (χ1) is 18.5. The Hall–Kier alpha value is -2.55. The number of esters is 1. The van der Waals surface area contributed by atoms with Gasteiger partial charge < -0.3 is 4.74 Å². The Kier molecular flexibility index (Phi) is 10.4. The predicted octanol–water partition coefficient (Wildman–Crippen LogP) is 9.72. The van der Waals surface area contributed by atoms with Crippen molar-refractivity contribution < 1.29 is 42.2 Å². The Labute approximate surface area is 266 Å². The molecular weight excluding hydrogens is 565 g/mol. The second-order valence-electron chi connectivity index (χ2n) is 11.0. The zero-order valence-corrected chi connectivity index (χ0v) is 28.6. The molecule has 0 saturated carbocycles. The van der Waals surface area contributed by atoms with E-state index in [1.165, 1.54) is 73.4 Å². The minimum absolute atomic E-state index is 0. The van der Waals surface area contributed by atoms with Crippen molar-refractivity contribution in [3.8, 4) is 22.3 Å². The predicted molar refractivity (Wildman–Crippen MR) is 165 cm³/mol. The van der Waals surface area contributed by atoms with Gasteiger partial charge in [0, 0.05) is 32.7 Å². The topological polar surface area (TPSA) is 26.3 Å². The van der Waals surface area contributed by atoms with E-state index in [2.05, 4.69) is 97.9 Å². The number of aryl methyl sites for hydroxylation is 1. The van der Waals surface area contributed by atoms with E-state index in [9.17, 15) is 4.79 Å². The van der Waals surface area contributed by atoms with E-state index in [4.69, 9.17) is 4.74 Å². The van der Waals surface area contributed by atoms with Crippen LogP contribution in [0.1, 0.15) is 78.5 Å². The summed E-state index contributed by atoms with van der Waals surface area (Å²) in [7, 11) is 0. The van der Waals surface area contributed by atoms with Gasteiger partial charge in [0.25, 0.3) is 0 Å². The molecule has 0 fully saturated rings. The van der Waals surface area contributed by atoms with E-state index in [1.54, 1.807) is 6.92 Å². The van der Waals surface area contributed by atoms with Gasteiger partial charge in [0.15, 0.2) is 0 Å². The maximum atomic E-state index is 12.3. The van der Waals surface area contributed by atoms with Gasteiger partial charge in [-0.1, -0.05) is 42.5 Å². The molecule has 4 rings (SSSR count). The number of rotatable bonds is 6. The molecule has 2 nitrogen and oxygen atoms in total. The molecule has 0 saturated heterocycles. The summed E-state index contributed by atoms with van der Waals surface area (Å²) in [5.74, 6) is -0.308. The summed E-state index contributed by atoms with van der Waals surface area (Å²) in [5.41, 5.74) is 19.9. The van der Waals surface area contributed by atoms with Gasteiger partial charge in [-0.05, 0) is 158 Å². The Morgan fingerprint density at radius 3 is 1.43 bits per heavy atom. The number of carbonyl (C=O) groups is 1.